The highest BCUT2D eigenvalue weighted by molar-refractivity contribution is 9.10. The van der Waals surface area contributed by atoms with Gasteiger partial charge in [0.15, 0.2) is 0 Å². The fraction of sp³-hybridized carbons (Fsp3) is 0.333. The Morgan fingerprint density at radius 2 is 2.17 bits per heavy atom. The SMILES string of the molecule is CC(C)c1nn(C)cc1Nc1ncc(Br)cc1Cl. The van der Waals surface area contributed by atoms with Crippen LogP contribution in [-0.2, 0) is 7.05 Å². The first kappa shape index (κ1) is 13.4. The van der Waals surface area contributed by atoms with Crippen LogP contribution < -0.4 is 5.32 Å². The van der Waals surface area contributed by atoms with Gasteiger partial charge in [0.25, 0.3) is 0 Å². The van der Waals surface area contributed by atoms with Crippen LogP contribution in [0.15, 0.2) is 22.9 Å². The van der Waals surface area contributed by atoms with Crippen molar-refractivity contribution in [3.05, 3.63) is 33.6 Å². The minimum absolute atomic E-state index is 0.336. The van der Waals surface area contributed by atoms with Gasteiger partial charge in [0.1, 0.15) is 5.82 Å². The van der Waals surface area contributed by atoms with Crippen molar-refractivity contribution in [1.82, 2.24) is 14.8 Å². The first-order valence-electron chi connectivity index (χ1n) is 5.59. The van der Waals surface area contributed by atoms with Crippen LogP contribution in [0.3, 0.4) is 0 Å². The molecule has 0 atom stereocenters. The molecule has 2 heterocycles. The quantitative estimate of drug-likeness (QED) is 0.922. The lowest BCUT2D eigenvalue weighted by Gasteiger charge is -2.09. The van der Waals surface area contributed by atoms with E-state index in [0.717, 1.165) is 15.9 Å². The largest absolute Gasteiger partial charge is 0.336 e. The van der Waals surface area contributed by atoms with Gasteiger partial charge >= 0.3 is 0 Å². The van der Waals surface area contributed by atoms with E-state index in [1.54, 1.807) is 10.9 Å². The van der Waals surface area contributed by atoms with Gasteiger partial charge < -0.3 is 5.32 Å². The molecule has 0 saturated heterocycles. The third kappa shape index (κ3) is 2.84. The summed E-state index contributed by atoms with van der Waals surface area (Å²) in [5, 5.41) is 8.22. The zero-order valence-electron chi connectivity index (χ0n) is 10.4. The molecule has 0 fully saturated rings. The zero-order chi connectivity index (χ0) is 13.3. The molecular weight excluding hydrogens is 316 g/mol. The molecule has 96 valence electrons. The van der Waals surface area contributed by atoms with Crippen molar-refractivity contribution in [1.29, 1.82) is 0 Å². The Bertz CT molecular complexity index is 565. The average Bonchev–Trinajstić information content (AvgIpc) is 2.64. The number of hydrogen-bond acceptors (Lipinski definition) is 3. The monoisotopic (exact) mass is 328 g/mol. The van der Waals surface area contributed by atoms with Gasteiger partial charge in [-0.05, 0) is 27.9 Å². The molecule has 0 radical (unpaired) electrons. The molecule has 0 aliphatic rings. The highest BCUT2D eigenvalue weighted by Crippen LogP contribution is 2.29. The molecule has 18 heavy (non-hydrogen) atoms. The van der Waals surface area contributed by atoms with E-state index < -0.39 is 0 Å². The molecular formula is C12H14BrClN4. The van der Waals surface area contributed by atoms with Crippen molar-refractivity contribution in [2.24, 2.45) is 7.05 Å². The average molecular weight is 330 g/mol. The second-order valence-corrected chi connectivity index (χ2v) is 5.69. The molecule has 0 amide bonds. The lowest BCUT2D eigenvalue weighted by atomic mass is 10.1. The van der Waals surface area contributed by atoms with E-state index in [4.69, 9.17) is 11.6 Å². The van der Waals surface area contributed by atoms with Gasteiger partial charge in [0.2, 0.25) is 0 Å². The third-order valence-corrected chi connectivity index (χ3v) is 3.19. The van der Waals surface area contributed by atoms with Gasteiger partial charge in [-0.2, -0.15) is 5.10 Å². The first-order chi connectivity index (χ1) is 8.47. The van der Waals surface area contributed by atoms with Gasteiger partial charge in [0.05, 0.1) is 16.4 Å². The number of aromatic nitrogens is 3. The highest BCUT2D eigenvalue weighted by Gasteiger charge is 2.13. The van der Waals surface area contributed by atoms with Crippen molar-refractivity contribution in [2.75, 3.05) is 5.32 Å². The molecule has 0 bridgehead atoms. The smallest absolute Gasteiger partial charge is 0.149 e. The third-order valence-electron chi connectivity index (χ3n) is 2.47. The lowest BCUT2D eigenvalue weighted by Crippen LogP contribution is -1.98. The number of aryl methyl sites for hydroxylation is 1. The summed E-state index contributed by atoms with van der Waals surface area (Å²) in [5.74, 6) is 0.970. The van der Waals surface area contributed by atoms with Crippen LogP contribution >= 0.6 is 27.5 Å². The van der Waals surface area contributed by atoms with Crippen LogP contribution in [0.4, 0.5) is 11.5 Å². The maximum atomic E-state index is 6.14. The van der Waals surface area contributed by atoms with E-state index in [9.17, 15) is 0 Å². The molecule has 4 nitrogen and oxygen atoms in total. The Balaban J connectivity index is 2.33. The van der Waals surface area contributed by atoms with Crippen molar-refractivity contribution in [2.45, 2.75) is 19.8 Å². The van der Waals surface area contributed by atoms with Gasteiger partial charge in [-0.3, -0.25) is 4.68 Å². The van der Waals surface area contributed by atoms with E-state index in [2.05, 4.69) is 45.2 Å². The summed E-state index contributed by atoms with van der Waals surface area (Å²) in [5.41, 5.74) is 1.93. The maximum Gasteiger partial charge on any atom is 0.149 e. The lowest BCUT2D eigenvalue weighted by molar-refractivity contribution is 0.713. The van der Waals surface area contributed by atoms with Crippen molar-refractivity contribution in [3.8, 4) is 0 Å². The summed E-state index contributed by atoms with van der Waals surface area (Å²) in [6.07, 6.45) is 3.63. The van der Waals surface area contributed by atoms with Gasteiger partial charge in [0, 0.05) is 23.9 Å². The van der Waals surface area contributed by atoms with Gasteiger partial charge in [-0.1, -0.05) is 25.4 Å². The fourth-order valence-electron chi connectivity index (χ4n) is 1.66. The molecule has 0 aliphatic carbocycles. The normalized spacial score (nSPS) is 11.0. The van der Waals surface area contributed by atoms with Crippen molar-refractivity contribution >= 4 is 39.0 Å². The van der Waals surface area contributed by atoms with E-state index in [-0.39, 0.29) is 0 Å². The fourth-order valence-corrected chi connectivity index (χ4v) is 2.34. The van der Waals surface area contributed by atoms with Crippen LogP contribution in [-0.4, -0.2) is 14.8 Å². The Morgan fingerprint density at radius 1 is 1.44 bits per heavy atom. The van der Waals surface area contributed by atoms with Gasteiger partial charge in [-0.25, -0.2) is 4.98 Å². The van der Waals surface area contributed by atoms with Crippen LogP contribution in [0.2, 0.25) is 5.02 Å². The molecule has 2 aromatic heterocycles. The second-order valence-electron chi connectivity index (χ2n) is 4.37. The number of pyridine rings is 1. The van der Waals surface area contributed by atoms with Gasteiger partial charge in [-0.15, -0.1) is 0 Å². The number of halogens is 2. The molecule has 0 unspecified atom stereocenters. The summed E-state index contributed by atoms with van der Waals surface area (Å²) in [6, 6.07) is 1.81. The molecule has 2 rings (SSSR count). The zero-order valence-corrected chi connectivity index (χ0v) is 12.7. The Labute approximate surface area is 119 Å². The second kappa shape index (κ2) is 5.28. The van der Waals surface area contributed by atoms with E-state index in [0.29, 0.717) is 16.8 Å². The minimum Gasteiger partial charge on any atom is -0.336 e. The highest BCUT2D eigenvalue weighted by atomic mass is 79.9. The van der Waals surface area contributed by atoms with Crippen LogP contribution in [0.1, 0.15) is 25.5 Å². The number of nitrogens with zero attached hydrogens (tertiary/aromatic N) is 3. The Morgan fingerprint density at radius 3 is 2.78 bits per heavy atom. The standard InChI is InChI=1S/C12H14BrClN4/c1-7(2)11-10(6-18(3)17-11)16-12-9(14)4-8(13)5-15-12/h4-7H,1-3H3,(H,15,16). The number of hydrogen-bond donors (Lipinski definition) is 1. The molecule has 2 aromatic rings. The number of nitrogens with one attached hydrogen (secondary N) is 1. The summed E-state index contributed by atoms with van der Waals surface area (Å²) >= 11 is 9.47. The van der Waals surface area contributed by atoms with E-state index >= 15 is 0 Å². The van der Waals surface area contributed by atoms with Crippen molar-refractivity contribution in [3.63, 3.8) is 0 Å². The summed E-state index contributed by atoms with van der Waals surface area (Å²) < 4.78 is 2.64. The predicted octanol–water partition coefficient (Wildman–Crippen LogP) is 4.10. The summed E-state index contributed by atoms with van der Waals surface area (Å²) in [4.78, 5) is 4.26. The minimum atomic E-state index is 0.336. The van der Waals surface area contributed by atoms with E-state index in [1.807, 2.05) is 19.3 Å². The summed E-state index contributed by atoms with van der Waals surface area (Å²) in [7, 11) is 1.90. The predicted molar refractivity (Wildman–Crippen MR) is 77.5 cm³/mol. The molecule has 0 aromatic carbocycles. The van der Waals surface area contributed by atoms with E-state index in [1.165, 1.54) is 0 Å². The number of rotatable bonds is 3. The van der Waals surface area contributed by atoms with Crippen LogP contribution in [0, 0.1) is 0 Å². The molecule has 6 heteroatoms. The Hall–Kier alpha value is -1.07. The molecule has 1 N–H and O–H groups in total. The maximum absolute atomic E-state index is 6.14. The Kier molecular flexibility index (Phi) is 3.92. The molecule has 0 aliphatic heterocycles. The van der Waals surface area contributed by atoms with Crippen LogP contribution in [0.25, 0.3) is 0 Å². The topological polar surface area (TPSA) is 42.7 Å². The molecule has 0 spiro atoms. The summed E-state index contributed by atoms with van der Waals surface area (Å²) in [6.45, 7) is 4.20. The first-order valence-corrected chi connectivity index (χ1v) is 6.76. The molecule has 0 saturated carbocycles. The van der Waals surface area contributed by atoms with Crippen molar-refractivity contribution < 1.29 is 0 Å². The van der Waals surface area contributed by atoms with Crippen LogP contribution in [0.5, 0.6) is 0 Å². The number of anilines is 2.